The lowest BCUT2D eigenvalue weighted by atomic mass is 10.1. The Bertz CT molecular complexity index is 1080. The maximum atomic E-state index is 12.5. The summed E-state index contributed by atoms with van der Waals surface area (Å²) in [4.78, 5) is 12.5. The van der Waals surface area contributed by atoms with E-state index in [9.17, 15) is 4.79 Å². The fourth-order valence-corrected chi connectivity index (χ4v) is 2.93. The summed E-state index contributed by atoms with van der Waals surface area (Å²) < 4.78 is 0. The highest BCUT2D eigenvalue weighted by Crippen LogP contribution is 2.19. The largest absolute Gasteiger partial charge is 0.348 e. The summed E-state index contributed by atoms with van der Waals surface area (Å²) in [6.07, 6.45) is 0. The van der Waals surface area contributed by atoms with Crippen LogP contribution in [0, 0.1) is 0 Å². The molecule has 0 fully saturated rings. The second kappa shape index (κ2) is 8.80. The third-order valence-electron chi connectivity index (χ3n) is 4.43. The van der Waals surface area contributed by atoms with Gasteiger partial charge in [0.15, 0.2) is 5.82 Å². The summed E-state index contributed by atoms with van der Waals surface area (Å²) >= 11 is 0. The maximum Gasteiger partial charge on any atom is 0.251 e. The minimum Gasteiger partial charge on any atom is -0.348 e. The molecule has 3 aromatic carbocycles. The topological polar surface area (TPSA) is 66.9 Å². The third-order valence-corrected chi connectivity index (χ3v) is 4.43. The van der Waals surface area contributed by atoms with E-state index in [0.717, 1.165) is 22.5 Å². The molecule has 5 nitrogen and oxygen atoms in total. The molecule has 1 heterocycles. The highest BCUT2D eigenvalue weighted by molar-refractivity contribution is 5.95. The Hall–Kier alpha value is -3.99. The highest BCUT2D eigenvalue weighted by atomic mass is 16.1. The molecular formula is C24H20N4O. The van der Waals surface area contributed by atoms with Crippen molar-refractivity contribution < 1.29 is 4.79 Å². The molecule has 0 aliphatic heterocycles. The lowest BCUT2D eigenvalue weighted by molar-refractivity contribution is 0.0951. The number of nitrogens with zero attached hydrogens (tertiary/aromatic N) is 2. The van der Waals surface area contributed by atoms with Gasteiger partial charge in [0.2, 0.25) is 0 Å². The molecule has 0 aliphatic carbocycles. The quantitative estimate of drug-likeness (QED) is 0.503. The molecule has 4 rings (SSSR count). The van der Waals surface area contributed by atoms with Crippen molar-refractivity contribution in [3.63, 3.8) is 0 Å². The molecule has 0 atom stereocenters. The number of nitrogens with one attached hydrogen (secondary N) is 2. The molecule has 0 saturated carbocycles. The van der Waals surface area contributed by atoms with Gasteiger partial charge < -0.3 is 10.6 Å². The van der Waals surface area contributed by atoms with Crippen LogP contribution in [0.5, 0.6) is 0 Å². The predicted molar refractivity (Wildman–Crippen MR) is 115 cm³/mol. The number of carbonyl (C=O) groups excluding carboxylic acids is 1. The predicted octanol–water partition coefficient (Wildman–Crippen LogP) is 4.82. The number of benzene rings is 3. The van der Waals surface area contributed by atoms with E-state index >= 15 is 0 Å². The van der Waals surface area contributed by atoms with Gasteiger partial charge in [-0.05, 0) is 35.9 Å². The molecule has 0 spiro atoms. The second-order valence-corrected chi connectivity index (χ2v) is 6.54. The summed E-state index contributed by atoms with van der Waals surface area (Å²) in [6.45, 7) is 0.490. The van der Waals surface area contributed by atoms with Crippen molar-refractivity contribution in [1.82, 2.24) is 15.5 Å². The van der Waals surface area contributed by atoms with Crippen molar-refractivity contribution in [2.24, 2.45) is 0 Å². The van der Waals surface area contributed by atoms with Crippen LogP contribution in [0.1, 0.15) is 15.9 Å². The summed E-state index contributed by atoms with van der Waals surface area (Å²) in [5.41, 5.74) is 4.25. The van der Waals surface area contributed by atoms with Crippen molar-refractivity contribution in [2.45, 2.75) is 6.54 Å². The van der Waals surface area contributed by atoms with Crippen molar-refractivity contribution >= 4 is 17.4 Å². The molecule has 1 aromatic heterocycles. The van der Waals surface area contributed by atoms with Crippen LogP contribution >= 0.6 is 0 Å². The molecule has 1 amide bonds. The lowest BCUT2D eigenvalue weighted by Crippen LogP contribution is -2.22. The Morgan fingerprint density at radius 3 is 2.24 bits per heavy atom. The van der Waals surface area contributed by atoms with E-state index < -0.39 is 0 Å². The summed E-state index contributed by atoms with van der Waals surface area (Å²) in [5.74, 6) is 0.495. The summed E-state index contributed by atoms with van der Waals surface area (Å²) in [6, 6.07) is 30.8. The fourth-order valence-electron chi connectivity index (χ4n) is 2.93. The fraction of sp³-hybridized carbons (Fsp3) is 0.0417. The normalized spacial score (nSPS) is 10.3. The standard InChI is InChI=1S/C24H20N4O/c29-24(25-17-18-8-3-1-4-9-18)20-12-7-13-21(16-20)26-23-15-14-22(27-28-23)19-10-5-2-6-11-19/h1-16H,17H2,(H,25,29)(H,26,28). The highest BCUT2D eigenvalue weighted by Gasteiger charge is 2.07. The lowest BCUT2D eigenvalue weighted by Gasteiger charge is -2.09. The first-order valence-corrected chi connectivity index (χ1v) is 9.36. The molecule has 0 radical (unpaired) electrons. The van der Waals surface area contributed by atoms with Crippen LogP contribution in [0.3, 0.4) is 0 Å². The first kappa shape index (κ1) is 18.4. The zero-order chi connectivity index (χ0) is 19.9. The van der Waals surface area contributed by atoms with E-state index in [1.165, 1.54) is 0 Å². The van der Waals surface area contributed by atoms with E-state index in [2.05, 4.69) is 20.8 Å². The van der Waals surface area contributed by atoms with Crippen LogP contribution in [-0.2, 0) is 6.54 Å². The SMILES string of the molecule is O=C(NCc1ccccc1)c1cccc(Nc2ccc(-c3ccccc3)nn2)c1. The van der Waals surface area contributed by atoms with Crippen LogP contribution < -0.4 is 10.6 Å². The first-order valence-electron chi connectivity index (χ1n) is 9.36. The van der Waals surface area contributed by atoms with Gasteiger partial charge in [-0.1, -0.05) is 66.7 Å². The smallest absolute Gasteiger partial charge is 0.251 e. The summed E-state index contributed by atoms with van der Waals surface area (Å²) in [5, 5.41) is 14.6. The number of aromatic nitrogens is 2. The van der Waals surface area contributed by atoms with Crippen LogP contribution in [-0.4, -0.2) is 16.1 Å². The van der Waals surface area contributed by atoms with Gasteiger partial charge in [0.05, 0.1) is 5.69 Å². The number of rotatable bonds is 6. The minimum atomic E-state index is -0.122. The molecule has 0 unspecified atom stereocenters. The number of carbonyl (C=O) groups is 1. The molecule has 29 heavy (non-hydrogen) atoms. The maximum absolute atomic E-state index is 12.5. The van der Waals surface area contributed by atoms with Gasteiger partial charge in [-0.15, -0.1) is 10.2 Å². The number of hydrogen-bond donors (Lipinski definition) is 2. The molecule has 5 heteroatoms. The van der Waals surface area contributed by atoms with E-state index in [-0.39, 0.29) is 5.91 Å². The van der Waals surface area contributed by atoms with Crippen LogP contribution in [0.4, 0.5) is 11.5 Å². The van der Waals surface area contributed by atoms with Gasteiger partial charge in [0.1, 0.15) is 0 Å². The van der Waals surface area contributed by atoms with E-state index in [4.69, 9.17) is 0 Å². The van der Waals surface area contributed by atoms with Gasteiger partial charge in [-0.3, -0.25) is 4.79 Å². The van der Waals surface area contributed by atoms with Crippen LogP contribution in [0.25, 0.3) is 11.3 Å². The van der Waals surface area contributed by atoms with E-state index in [1.54, 1.807) is 12.1 Å². The van der Waals surface area contributed by atoms with Crippen molar-refractivity contribution in [3.8, 4) is 11.3 Å². The van der Waals surface area contributed by atoms with E-state index in [0.29, 0.717) is 17.9 Å². The number of hydrogen-bond acceptors (Lipinski definition) is 4. The second-order valence-electron chi connectivity index (χ2n) is 6.54. The van der Waals surface area contributed by atoms with Gasteiger partial charge in [0.25, 0.3) is 5.91 Å². The van der Waals surface area contributed by atoms with E-state index in [1.807, 2.05) is 84.9 Å². The van der Waals surface area contributed by atoms with Gasteiger partial charge >= 0.3 is 0 Å². The molecule has 0 bridgehead atoms. The minimum absolute atomic E-state index is 0.122. The van der Waals surface area contributed by atoms with Crippen LogP contribution in [0.15, 0.2) is 97.1 Å². The third kappa shape index (κ3) is 4.84. The van der Waals surface area contributed by atoms with Gasteiger partial charge in [-0.25, -0.2) is 0 Å². The molecular weight excluding hydrogens is 360 g/mol. The molecule has 2 N–H and O–H groups in total. The average Bonchev–Trinajstić information content (AvgIpc) is 2.79. The van der Waals surface area contributed by atoms with Gasteiger partial charge in [0, 0.05) is 23.4 Å². The Labute approximate surface area is 169 Å². The van der Waals surface area contributed by atoms with Crippen molar-refractivity contribution in [1.29, 1.82) is 0 Å². The molecule has 4 aromatic rings. The molecule has 0 aliphatic rings. The zero-order valence-electron chi connectivity index (χ0n) is 15.7. The Balaban J connectivity index is 1.41. The Morgan fingerprint density at radius 1 is 0.759 bits per heavy atom. The average molecular weight is 380 g/mol. The number of amides is 1. The summed E-state index contributed by atoms with van der Waals surface area (Å²) in [7, 11) is 0. The zero-order valence-corrected chi connectivity index (χ0v) is 15.7. The van der Waals surface area contributed by atoms with Crippen molar-refractivity contribution in [3.05, 3.63) is 108 Å². The van der Waals surface area contributed by atoms with Crippen LogP contribution in [0.2, 0.25) is 0 Å². The Kier molecular flexibility index (Phi) is 5.58. The molecule has 142 valence electrons. The Morgan fingerprint density at radius 2 is 1.52 bits per heavy atom. The number of anilines is 2. The van der Waals surface area contributed by atoms with Gasteiger partial charge in [-0.2, -0.15) is 0 Å². The molecule has 0 saturated heterocycles. The first-order chi connectivity index (χ1) is 14.3. The monoisotopic (exact) mass is 380 g/mol. The van der Waals surface area contributed by atoms with Crippen molar-refractivity contribution in [2.75, 3.05) is 5.32 Å².